The van der Waals surface area contributed by atoms with Gasteiger partial charge in [0.1, 0.15) is 11.5 Å². The molecule has 4 heterocycles. The van der Waals surface area contributed by atoms with E-state index in [1.165, 1.54) is 109 Å². The Kier molecular flexibility index (Phi) is 14.1. The molecule has 12 aromatic carbocycles. The number of hydrogen-bond acceptors (Lipinski definition) is 5. The first-order chi connectivity index (χ1) is 47.4. The summed E-state index contributed by atoms with van der Waals surface area (Å²) < 4.78 is 9.96. The zero-order valence-corrected chi connectivity index (χ0v) is 60.3. The molecule has 0 N–H and O–H groups in total. The van der Waals surface area contributed by atoms with Crippen molar-refractivity contribution in [2.24, 2.45) is 0 Å². The van der Waals surface area contributed by atoms with E-state index in [-0.39, 0.29) is 33.9 Å². The molecule has 0 spiro atoms. The second-order valence-corrected chi connectivity index (χ2v) is 33.6. The second-order valence-electron chi connectivity index (χ2n) is 32.6. The third-order valence-electron chi connectivity index (χ3n) is 21.7. The lowest BCUT2D eigenvalue weighted by atomic mass is 9.43. The average molecular weight is 1300 g/mol. The fourth-order valence-corrected chi connectivity index (χ4v) is 17.4. The number of hydrogen-bond donors (Lipinski definition) is 0. The summed E-state index contributed by atoms with van der Waals surface area (Å²) in [4.78, 5) is 7.90. The normalized spacial score (nSPS) is 14.0. The molecule has 1 aliphatic carbocycles. The minimum Gasteiger partial charge on any atom is -0.455 e. The lowest BCUT2D eigenvalue weighted by Gasteiger charge is -2.46. The van der Waals surface area contributed by atoms with Gasteiger partial charge in [-0.05, 0) is 179 Å². The van der Waals surface area contributed by atoms with Crippen molar-refractivity contribution in [1.29, 1.82) is 0 Å². The number of rotatable bonds is 8. The molecule has 0 bridgehead atoms. The van der Waals surface area contributed by atoms with Crippen LogP contribution in [0.15, 0.2) is 259 Å². The van der Waals surface area contributed by atoms with Crippen molar-refractivity contribution in [1.82, 2.24) is 0 Å². The molecular formula is C93H84BN3OS. The van der Waals surface area contributed by atoms with Crippen LogP contribution in [-0.4, -0.2) is 6.85 Å². The van der Waals surface area contributed by atoms with E-state index in [9.17, 15) is 0 Å². The third-order valence-corrected chi connectivity index (χ3v) is 22.9. The molecule has 0 saturated carbocycles. The minimum absolute atomic E-state index is 0.0147. The summed E-state index contributed by atoms with van der Waals surface area (Å²) >= 11 is 1.92. The second kappa shape index (κ2) is 22.4. The Hall–Kier alpha value is -10.1. The van der Waals surface area contributed by atoms with Crippen LogP contribution in [0.4, 0.5) is 45.5 Å². The maximum Gasteiger partial charge on any atom is 0.333 e. The van der Waals surface area contributed by atoms with Crippen LogP contribution in [0.2, 0.25) is 0 Å². The molecular weight excluding hydrogens is 1220 g/mol. The summed E-state index contributed by atoms with van der Waals surface area (Å²) in [5, 5.41) is 4.67. The zero-order chi connectivity index (χ0) is 68.4. The Labute approximate surface area is 589 Å². The van der Waals surface area contributed by atoms with Crippen LogP contribution in [0.5, 0.6) is 0 Å². The molecule has 486 valence electrons. The van der Waals surface area contributed by atoms with E-state index in [4.69, 9.17) is 4.42 Å². The summed E-state index contributed by atoms with van der Waals surface area (Å²) in [5.41, 5.74) is 28.5. The molecule has 0 atom stereocenters. The Morgan fingerprint density at radius 1 is 0.374 bits per heavy atom. The predicted octanol–water partition coefficient (Wildman–Crippen LogP) is 25.5. The molecule has 2 aromatic heterocycles. The summed E-state index contributed by atoms with van der Waals surface area (Å²) in [6.07, 6.45) is 0. The number of benzene rings is 12. The van der Waals surface area contributed by atoms with Crippen molar-refractivity contribution < 1.29 is 4.42 Å². The maximum atomic E-state index is 7.43. The Morgan fingerprint density at radius 3 is 1.45 bits per heavy atom. The van der Waals surface area contributed by atoms with Gasteiger partial charge < -0.3 is 19.0 Å². The van der Waals surface area contributed by atoms with Gasteiger partial charge in [0.25, 0.3) is 0 Å². The smallest absolute Gasteiger partial charge is 0.333 e. The molecule has 6 heteroatoms. The van der Waals surface area contributed by atoms with E-state index in [0.717, 1.165) is 67.5 Å². The van der Waals surface area contributed by atoms with Crippen LogP contribution in [-0.2, 0) is 27.1 Å². The summed E-state index contributed by atoms with van der Waals surface area (Å²) in [7, 11) is 0. The lowest BCUT2D eigenvalue weighted by Crippen LogP contribution is -2.61. The highest BCUT2D eigenvalue weighted by Crippen LogP contribution is 2.59. The first-order valence-corrected chi connectivity index (χ1v) is 36.1. The van der Waals surface area contributed by atoms with E-state index < -0.39 is 0 Å². The summed E-state index contributed by atoms with van der Waals surface area (Å²) in [5.74, 6) is 1.72. The van der Waals surface area contributed by atoms with Crippen molar-refractivity contribution in [2.45, 2.75) is 124 Å². The molecule has 0 radical (unpaired) electrons. The molecule has 0 unspecified atom stereocenters. The van der Waals surface area contributed by atoms with Crippen molar-refractivity contribution in [3.63, 3.8) is 0 Å². The van der Waals surface area contributed by atoms with Crippen LogP contribution in [0.1, 0.15) is 130 Å². The molecule has 0 amide bonds. The fourth-order valence-electron chi connectivity index (χ4n) is 16.2. The lowest BCUT2D eigenvalue weighted by molar-refractivity contribution is 0.590. The number of anilines is 8. The number of nitrogens with zero attached hydrogens (tertiary/aromatic N) is 3. The summed E-state index contributed by atoms with van der Waals surface area (Å²) in [6, 6.07) is 97.3. The predicted molar refractivity (Wildman–Crippen MR) is 426 cm³/mol. The van der Waals surface area contributed by atoms with E-state index in [1.807, 2.05) is 11.3 Å². The van der Waals surface area contributed by atoms with Crippen LogP contribution in [0, 0.1) is 0 Å². The van der Waals surface area contributed by atoms with Gasteiger partial charge in [0.2, 0.25) is 0 Å². The van der Waals surface area contributed by atoms with Gasteiger partial charge >= 0.3 is 6.85 Å². The first kappa shape index (κ1) is 62.4. The molecule has 3 aliphatic rings. The molecule has 17 rings (SSSR count). The van der Waals surface area contributed by atoms with Gasteiger partial charge in [-0.1, -0.05) is 261 Å². The quantitative estimate of drug-likeness (QED) is 0.141. The molecule has 2 aliphatic heterocycles. The van der Waals surface area contributed by atoms with E-state index in [0.29, 0.717) is 0 Å². The number of furan rings is 1. The van der Waals surface area contributed by atoms with E-state index in [2.05, 4.69) is 366 Å². The Morgan fingerprint density at radius 2 is 0.879 bits per heavy atom. The minimum atomic E-state index is -0.359. The SMILES string of the molecule is CC(C)(C)c1ccc(N2B3c4cc5c(-c6ccccc6)oc(-c6ccccc6)c5cc4N(c4ccc(C(C)(C)C)cc4-c4ccccc4)c4c3c(cc3c4sc4ccccc43)-c3cc4c(cc32)C(C)(C)c2ccc(N(c3ccc(C(C)(C)C)cc3)c3ccc(C(C)(C)C)cc3)cc2-4)cc1. The van der Waals surface area contributed by atoms with Gasteiger partial charge in [0.05, 0.1) is 16.1 Å². The number of fused-ring (bicyclic) bond motifs is 12. The fraction of sp³-hybridized carbons (Fsp3) is 0.204. The van der Waals surface area contributed by atoms with Gasteiger partial charge in [0, 0.05) is 88.0 Å². The Bertz CT molecular complexity index is 5480. The van der Waals surface area contributed by atoms with Crippen molar-refractivity contribution in [3.8, 4) is 56.0 Å². The molecule has 4 nitrogen and oxygen atoms in total. The highest BCUT2D eigenvalue weighted by molar-refractivity contribution is 7.26. The van der Waals surface area contributed by atoms with Crippen LogP contribution < -0.4 is 25.5 Å². The summed E-state index contributed by atoms with van der Waals surface area (Å²) in [6.45, 7) is 32.3. The van der Waals surface area contributed by atoms with Crippen molar-refractivity contribution >= 4 is 106 Å². The first-order valence-electron chi connectivity index (χ1n) is 35.3. The van der Waals surface area contributed by atoms with E-state index >= 15 is 0 Å². The van der Waals surface area contributed by atoms with Crippen molar-refractivity contribution in [3.05, 3.63) is 288 Å². The molecule has 0 saturated heterocycles. The standard InChI is InChI=1S/C93H84BN3OS/c1-89(2,3)60-34-41-64(42-35-60)95(65-43-36-61(37-44-65)90(4,5)6)67-47-48-77-70(51-67)71-52-72-73-53-76-68-32-24-25-33-83(68)99-88(76)85-84(73)94(97(81(72)56-78(71)93(77,13)14)66-45-38-62(39-46-66)91(7,8)9)79-54-74-75(87(59-30-22-17-23-31-59)98-86(74)58-28-20-16-21-29-58)55-82(79)96(85)80-49-40-63(92(10,11)12)50-69(80)57-26-18-15-19-27-57/h15-56H,1-14H3. The topological polar surface area (TPSA) is 22.9 Å². The Balaban J connectivity index is 0.996. The van der Waals surface area contributed by atoms with E-state index in [1.54, 1.807) is 0 Å². The largest absolute Gasteiger partial charge is 0.455 e. The number of thiophene rings is 1. The molecule has 0 fully saturated rings. The van der Waals surface area contributed by atoms with Gasteiger partial charge in [0.15, 0.2) is 0 Å². The average Bonchev–Trinajstić information content (AvgIpc) is 1.67. The molecule has 14 aromatic rings. The van der Waals surface area contributed by atoms with Gasteiger partial charge in [-0.25, -0.2) is 0 Å². The third kappa shape index (κ3) is 10.1. The van der Waals surface area contributed by atoms with Gasteiger partial charge in [-0.15, -0.1) is 11.3 Å². The molecule has 99 heavy (non-hydrogen) atoms. The van der Waals surface area contributed by atoms with Crippen LogP contribution in [0.3, 0.4) is 0 Å². The monoisotopic (exact) mass is 1300 g/mol. The van der Waals surface area contributed by atoms with Crippen molar-refractivity contribution in [2.75, 3.05) is 14.6 Å². The highest BCUT2D eigenvalue weighted by Gasteiger charge is 2.49. The van der Waals surface area contributed by atoms with Gasteiger partial charge in [-0.2, -0.15) is 0 Å². The zero-order valence-electron chi connectivity index (χ0n) is 59.5. The van der Waals surface area contributed by atoms with Crippen LogP contribution in [0.25, 0.3) is 87.0 Å². The van der Waals surface area contributed by atoms with Crippen LogP contribution >= 0.6 is 11.3 Å². The van der Waals surface area contributed by atoms with Gasteiger partial charge in [-0.3, -0.25) is 0 Å². The maximum absolute atomic E-state index is 7.43. The highest BCUT2D eigenvalue weighted by atomic mass is 32.1.